The number of nitrogens with one attached hydrogen (secondary N) is 1. The molecule has 1 aromatic heterocycles. The van der Waals surface area contributed by atoms with Gasteiger partial charge < -0.3 is 10.2 Å². The van der Waals surface area contributed by atoms with Crippen molar-refractivity contribution in [1.82, 2.24) is 20.0 Å². The topological polar surface area (TPSA) is 67.2 Å². The lowest BCUT2D eigenvalue weighted by atomic mass is 10.4. The van der Waals surface area contributed by atoms with Crippen molar-refractivity contribution in [3.63, 3.8) is 0 Å². The first kappa shape index (κ1) is 12.9. The van der Waals surface area contributed by atoms with Crippen LogP contribution in [-0.2, 0) is 11.8 Å². The van der Waals surface area contributed by atoms with Crippen LogP contribution < -0.4 is 5.32 Å². The zero-order valence-electron chi connectivity index (χ0n) is 10.3. The SMILES string of the molecule is Cn1nccc1C(=O)NCC(=O)N1CCSCC1. The fourth-order valence-corrected chi connectivity index (χ4v) is 2.67. The maximum atomic E-state index is 11.8. The van der Waals surface area contributed by atoms with Gasteiger partial charge in [-0.2, -0.15) is 16.9 Å². The van der Waals surface area contributed by atoms with Crippen LogP contribution in [0.1, 0.15) is 10.5 Å². The van der Waals surface area contributed by atoms with Crippen LogP contribution in [0.4, 0.5) is 0 Å². The number of aryl methyl sites for hydroxylation is 1. The maximum absolute atomic E-state index is 11.8. The van der Waals surface area contributed by atoms with E-state index < -0.39 is 0 Å². The molecule has 0 saturated carbocycles. The van der Waals surface area contributed by atoms with Gasteiger partial charge in [0.15, 0.2) is 0 Å². The third kappa shape index (κ3) is 3.04. The van der Waals surface area contributed by atoms with Gasteiger partial charge in [-0.15, -0.1) is 0 Å². The molecule has 1 N–H and O–H groups in total. The molecule has 2 heterocycles. The molecule has 1 saturated heterocycles. The molecule has 1 aliphatic heterocycles. The normalized spacial score (nSPS) is 15.5. The van der Waals surface area contributed by atoms with Gasteiger partial charge in [0.2, 0.25) is 5.91 Å². The molecule has 0 aliphatic carbocycles. The lowest BCUT2D eigenvalue weighted by Gasteiger charge is -2.26. The Kier molecular flexibility index (Phi) is 4.24. The number of aromatic nitrogens is 2. The summed E-state index contributed by atoms with van der Waals surface area (Å²) in [6.45, 7) is 1.59. The zero-order chi connectivity index (χ0) is 13.0. The lowest BCUT2D eigenvalue weighted by Crippen LogP contribution is -2.44. The minimum absolute atomic E-state index is 0.0224. The first-order chi connectivity index (χ1) is 8.68. The van der Waals surface area contributed by atoms with Gasteiger partial charge in [0, 0.05) is 37.8 Å². The average molecular weight is 268 g/mol. The summed E-state index contributed by atoms with van der Waals surface area (Å²) in [7, 11) is 1.69. The van der Waals surface area contributed by atoms with Crippen molar-refractivity contribution in [3.05, 3.63) is 18.0 Å². The molecule has 0 atom stereocenters. The van der Waals surface area contributed by atoms with E-state index in [2.05, 4.69) is 10.4 Å². The second-order valence-electron chi connectivity index (χ2n) is 4.02. The van der Waals surface area contributed by atoms with Crippen molar-refractivity contribution < 1.29 is 9.59 Å². The summed E-state index contributed by atoms with van der Waals surface area (Å²) in [6.07, 6.45) is 1.55. The number of nitrogens with zero attached hydrogens (tertiary/aromatic N) is 3. The number of hydrogen-bond donors (Lipinski definition) is 1. The Hall–Kier alpha value is -1.50. The van der Waals surface area contributed by atoms with E-state index in [1.807, 2.05) is 11.8 Å². The van der Waals surface area contributed by atoms with E-state index in [0.717, 1.165) is 24.6 Å². The number of rotatable bonds is 3. The predicted octanol–water partition coefficient (Wildman–Crippen LogP) is -0.275. The molecule has 0 aromatic carbocycles. The molecular formula is C11H16N4O2S. The van der Waals surface area contributed by atoms with Crippen LogP contribution in [0.5, 0.6) is 0 Å². The first-order valence-electron chi connectivity index (χ1n) is 5.80. The highest BCUT2D eigenvalue weighted by Gasteiger charge is 2.18. The van der Waals surface area contributed by atoms with Crippen molar-refractivity contribution in [2.75, 3.05) is 31.1 Å². The van der Waals surface area contributed by atoms with Crippen molar-refractivity contribution in [2.24, 2.45) is 7.05 Å². The van der Waals surface area contributed by atoms with E-state index in [-0.39, 0.29) is 18.4 Å². The fraction of sp³-hybridized carbons (Fsp3) is 0.545. The van der Waals surface area contributed by atoms with Crippen LogP contribution in [0.2, 0.25) is 0 Å². The molecule has 2 rings (SSSR count). The Morgan fingerprint density at radius 3 is 2.78 bits per heavy atom. The highest BCUT2D eigenvalue weighted by Crippen LogP contribution is 2.08. The second kappa shape index (κ2) is 5.90. The molecule has 0 unspecified atom stereocenters. The van der Waals surface area contributed by atoms with Crippen LogP contribution in [0.3, 0.4) is 0 Å². The fourth-order valence-electron chi connectivity index (χ4n) is 1.77. The summed E-state index contributed by atoms with van der Waals surface area (Å²) >= 11 is 1.85. The smallest absolute Gasteiger partial charge is 0.269 e. The minimum Gasteiger partial charge on any atom is -0.342 e. The molecule has 0 radical (unpaired) electrons. The average Bonchev–Trinajstić information content (AvgIpc) is 2.83. The van der Waals surface area contributed by atoms with Crippen LogP contribution in [-0.4, -0.2) is 57.6 Å². The quantitative estimate of drug-likeness (QED) is 0.819. The van der Waals surface area contributed by atoms with E-state index in [1.54, 1.807) is 24.2 Å². The van der Waals surface area contributed by atoms with Gasteiger partial charge in [0.05, 0.1) is 6.54 Å². The standard InChI is InChI=1S/C11H16N4O2S/c1-14-9(2-3-13-14)11(17)12-8-10(16)15-4-6-18-7-5-15/h2-3H,4-8H2,1H3,(H,12,17). The monoisotopic (exact) mass is 268 g/mol. The molecule has 6 nitrogen and oxygen atoms in total. The molecular weight excluding hydrogens is 252 g/mol. The Labute approximate surface area is 110 Å². The molecule has 7 heteroatoms. The summed E-state index contributed by atoms with van der Waals surface area (Å²) in [5, 5.41) is 6.54. The summed E-state index contributed by atoms with van der Waals surface area (Å²) in [5.74, 6) is 1.66. The lowest BCUT2D eigenvalue weighted by molar-refractivity contribution is -0.129. The molecule has 18 heavy (non-hydrogen) atoms. The van der Waals surface area contributed by atoms with Gasteiger partial charge >= 0.3 is 0 Å². The summed E-state index contributed by atoms with van der Waals surface area (Å²) in [4.78, 5) is 25.4. The molecule has 1 aliphatic rings. The summed E-state index contributed by atoms with van der Waals surface area (Å²) in [6, 6.07) is 1.62. The predicted molar refractivity (Wildman–Crippen MR) is 69.4 cm³/mol. The third-order valence-corrected chi connectivity index (χ3v) is 3.76. The highest BCUT2D eigenvalue weighted by molar-refractivity contribution is 7.99. The minimum atomic E-state index is -0.269. The summed E-state index contributed by atoms with van der Waals surface area (Å²) in [5.41, 5.74) is 0.456. The van der Waals surface area contributed by atoms with Gasteiger partial charge in [0.25, 0.3) is 5.91 Å². The Balaban J connectivity index is 1.82. The largest absolute Gasteiger partial charge is 0.342 e. The maximum Gasteiger partial charge on any atom is 0.269 e. The van der Waals surface area contributed by atoms with Crippen molar-refractivity contribution in [2.45, 2.75) is 0 Å². The van der Waals surface area contributed by atoms with Crippen molar-refractivity contribution in [1.29, 1.82) is 0 Å². The molecule has 0 bridgehead atoms. The van der Waals surface area contributed by atoms with Crippen LogP contribution >= 0.6 is 11.8 Å². The number of carbonyl (C=O) groups excluding carboxylic acids is 2. The van der Waals surface area contributed by atoms with Crippen LogP contribution in [0.15, 0.2) is 12.3 Å². The summed E-state index contributed by atoms with van der Waals surface area (Å²) < 4.78 is 1.48. The van der Waals surface area contributed by atoms with E-state index in [9.17, 15) is 9.59 Å². The van der Waals surface area contributed by atoms with Crippen molar-refractivity contribution >= 4 is 23.6 Å². The highest BCUT2D eigenvalue weighted by atomic mass is 32.2. The van der Waals surface area contributed by atoms with Crippen LogP contribution in [0, 0.1) is 0 Å². The Bertz CT molecular complexity index is 440. The van der Waals surface area contributed by atoms with Gasteiger partial charge in [-0.1, -0.05) is 0 Å². The van der Waals surface area contributed by atoms with Gasteiger partial charge in [0.1, 0.15) is 5.69 Å². The Morgan fingerprint density at radius 2 is 2.17 bits per heavy atom. The number of carbonyl (C=O) groups is 2. The number of thioether (sulfide) groups is 1. The van der Waals surface area contributed by atoms with Crippen molar-refractivity contribution in [3.8, 4) is 0 Å². The molecule has 2 amide bonds. The third-order valence-electron chi connectivity index (χ3n) is 2.82. The van der Waals surface area contributed by atoms with E-state index in [1.165, 1.54) is 4.68 Å². The van der Waals surface area contributed by atoms with Crippen LogP contribution in [0.25, 0.3) is 0 Å². The second-order valence-corrected chi connectivity index (χ2v) is 5.24. The Morgan fingerprint density at radius 1 is 1.44 bits per heavy atom. The van der Waals surface area contributed by atoms with E-state index in [0.29, 0.717) is 5.69 Å². The van der Waals surface area contributed by atoms with E-state index in [4.69, 9.17) is 0 Å². The molecule has 1 aromatic rings. The molecule has 1 fully saturated rings. The van der Waals surface area contributed by atoms with Gasteiger partial charge in [-0.25, -0.2) is 0 Å². The molecule has 98 valence electrons. The van der Waals surface area contributed by atoms with E-state index >= 15 is 0 Å². The zero-order valence-corrected chi connectivity index (χ0v) is 11.1. The number of hydrogen-bond acceptors (Lipinski definition) is 4. The number of amides is 2. The van der Waals surface area contributed by atoms with Gasteiger partial charge in [-0.05, 0) is 6.07 Å². The molecule has 0 spiro atoms. The first-order valence-corrected chi connectivity index (χ1v) is 6.95. The van der Waals surface area contributed by atoms with Gasteiger partial charge in [-0.3, -0.25) is 14.3 Å².